The molecule has 2 amide bonds. The molecular weight excluding hydrogens is 406 g/mol. The highest BCUT2D eigenvalue weighted by atomic mass is 16.5. The summed E-state index contributed by atoms with van der Waals surface area (Å²) in [6.45, 7) is 0.453. The predicted octanol–water partition coefficient (Wildman–Crippen LogP) is 4.16. The van der Waals surface area contributed by atoms with Crippen LogP contribution in [-0.4, -0.2) is 42.0 Å². The number of carbonyl (C=O) groups is 2. The van der Waals surface area contributed by atoms with Crippen LogP contribution < -0.4 is 14.8 Å². The topological polar surface area (TPSA) is 80.8 Å². The molecule has 0 saturated heterocycles. The highest BCUT2D eigenvalue weighted by Gasteiger charge is 2.33. The molecule has 7 heteroatoms. The molecule has 0 radical (unpaired) electrons. The van der Waals surface area contributed by atoms with Gasteiger partial charge in [-0.25, -0.2) is 0 Å². The average Bonchev–Trinajstić information content (AvgIpc) is 3.68. The van der Waals surface area contributed by atoms with Gasteiger partial charge in [0.2, 0.25) is 0 Å². The van der Waals surface area contributed by atoms with Gasteiger partial charge in [0.1, 0.15) is 17.2 Å². The lowest BCUT2D eigenvalue weighted by Gasteiger charge is -2.24. The minimum atomic E-state index is -0.295. The zero-order chi connectivity index (χ0) is 22.5. The minimum absolute atomic E-state index is 0.0482. The third kappa shape index (κ3) is 4.88. The Morgan fingerprint density at radius 3 is 2.44 bits per heavy atom. The molecule has 0 spiro atoms. The highest BCUT2D eigenvalue weighted by Crippen LogP contribution is 2.33. The number of ether oxygens (including phenoxy) is 2. The van der Waals surface area contributed by atoms with E-state index in [0.717, 1.165) is 18.4 Å². The summed E-state index contributed by atoms with van der Waals surface area (Å²) < 4.78 is 10.8. The molecular formula is C25H25N3O4. The number of nitrogens with zero attached hydrogens (tertiary/aromatic N) is 2. The molecule has 4 rings (SSSR count). The third-order valence-electron chi connectivity index (χ3n) is 5.37. The number of pyridine rings is 1. The van der Waals surface area contributed by atoms with Crippen LogP contribution in [0.2, 0.25) is 0 Å². The first-order valence-electron chi connectivity index (χ1n) is 10.4. The van der Waals surface area contributed by atoms with Crippen molar-refractivity contribution in [3.05, 3.63) is 83.7 Å². The lowest BCUT2D eigenvalue weighted by atomic mass is 10.1. The first-order valence-corrected chi connectivity index (χ1v) is 10.4. The van der Waals surface area contributed by atoms with E-state index in [9.17, 15) is 9.59 Å². The van der Waals surface area contributed by atoms with Gasteiger partial charge in [-0.05, 0) is 61.4 Å². The predicted molar refractivity (Wildman–Crippen MR) is 121 cm³/mol. The second kappa shape index (κ2) is 9.51. The lowest BCUT2D eigenvalue weighted by Crippen LogP contribution is -2.32. The van der Waals surface area contributed by atoms with E-state index in [2.05, 4.69) is 10.3 Å². The van der Waals surface area contributed by atoms with Crippen molar-refractivity contribution in [2.75, 3.05) is 19.5 Å². The number of aromatic nitrogens is 1. The summed E-state index contributed by atoms with van der Waals surface area (Å²) >= 11 is 0. The van der Waals surface area contributed by atoms with Gasteiger partial charge in [0, 0.05) is 41.7 Å². The summed E-state index contributed by atoms with van der Waals surface area (Å²) in [6.07, 6.45) is 3.55. The molecule has 1 aliphatic carbocycles. The van der Waals surface area contributed by atoms with Crippen molar-refractivity contribution in [3.63, 3.8) is 0 Å². The summed E-state index contributed by atoms with van der Waals surface area (Å²) in [6, 6.07) is 17.9. The quantitative estimate of drug-likeness (QED) is 0.579. The standard InChI is InChI=1S/C25H25N3O4/c1-31-21-13-8-18(23(15-21)32-2)16-28(20-11-12-20)25(30)17-6-9-19(10-7-17)27-24(29)22-5-3-4-14-26-22/h3-10,13-15,20H,11-12,16H2,1-2H3,(H,27,29). The number of nitrogens with one attached hydrogen (secondary N) is 1. The van der Waals surface area contributed by atoms with Gasteiger partial charge in [-0.1, -0.05) is 6.07 Å². The van der Waals surface area contributed by atoms with E-state index in [-0.39, 0.29) is 17.9 Å². The monoisotopic (exact) mass is 431 g/mol. The zero-order valence-electron chi connectivity index (χ0n) is 18.1. The number of anilines is 1. The molecule has 32 heavy (non-hydrogen) atoms. The maximum absolute atomic E-state index is 13.3. The van der Waals surface area contributed by atoms with Crippen molar-refractivity contribution >= 4 is 17.5 Å². The molecule has 1 heterocycles. The molecule has 1 aliphatic rings. The average molecular weight is 431 g/mol. The first kappa shape index (κ1) is 21.4. The number of amides is 2. The van der Waals surface area contributed by atoms with Gasteiger partial charge in [0.25, 0.3) is 11.8 Å². The fourth-order valence-electron chi connectivity index (χ4n) is 3.47. The van der Waals surface area contributed by atoms with Crippen molar-refractivity contribution in [1.82, 2.24) is 9.88 Å². The maximum Gasteiger partial charge on any atom is 0.274 e. The highest BCUT2D eigenvalue weighted by molar-refractivity contribution is 6.03. The van der Waals surface area contributed by atoms with Gasteiger partial charge in [-0.15, -0.1) is 0 Å². The van der Waals surface area contributed by atoms with Crippen LogP contribution in [0.5, 0.6) is 11.5 Å². The number of rotatable bonds is 8. The fourth-order valence-corrected chi connectivity index (χ4v) is 3.47. The van der Waals surface area contributed by atoms with Crippen molar-refractivity contribution < 1.29 is 19.1 Å². The van der Waals surface area contributed by atoms with Gasteiger partial charge < -0.3 is 19.7 Å². The van der Waals surface area contributed by atoms with E-state index in [1.807, 2.05) is 23.1 Å². The van der Waals surface area contributed by atoms with Crippen LogP contribution in [0.3, 0.4) is 0 Å². The summed E-state index contributed by atoms with van der Waals surface area (Å²) in [5.74, 6) is 1.05. The van der Waals surface area contributed by atoms with E-state index in [4.69, 9.17) is 9.47 Å². The number of benzene rings is 2. The molecule has 0 aliphatic heterocycles. The van der Waals surface area contributed by atoms with Crippen molar-refractivity contribution in [1.29, 1.82) is 0 Å². The Balaban J connectivity index is 1.48. The van der Waals surface area contributed by atoms with Gasteiger partial charge >= 0.3 is 0 Å². The number of hydrogen-bond donors (Lipinski definition) is 1. The van der Waals surface area contributed by atoms with Crippen LogP contribution >= 0.6 is 0 Å². The molecule has 7 nitrogen and oxygen atoms in total. The van der Waals surface area contributed by atoms with E-state index < -0.39 is 0 Å². The van der Waals surface area contributed by atoms with Gasteiger partial charge in [0.05, 0.1) is 14.2 Å². The molecule has 0 unspecified atom stereocenters. The molecule has 1 fully saturated rings. The van der Waals surface area contributed by atoms with E-state index in [1.165, 1.54) is 0 Å². The van der Waals surface area contributed by atoms with Crippen molar-refractivity contribution in [3.8, 4) is 11.5 Å². The lowest BCUT2D eigenvalue weighted by molar-refractivity contribution is 0.0728. The van der Waals surface area contributed by atoms with Crippen LogP contribution in [0, 0.1) is 0 Å². The number of methoxy groups -OCH3 is 2. The smallest absolute Gasteiger partial charge is 0.274 e. The summed E-state index contributed by atoms with van der Waals surface area (Å²) in [5.41, 5.74) is 2.43. The number of hydrogen-bond acceptors (Lipinski definition) is 5. The molecule has 0 bridgehead atoms. The molecule has 2 aromatic carbocycles. The van der Waals surface area contributed by atoms with E-state index >= 15 is 0 Å². The Morgan fingerprint density at radius 1 is 1.03 bits per heavy atom. The summed E-state index contributed by atoms with van der Waals surface area (Å²) in [7, 11) is 3.22. The third-order valence-corrected chi connectivity index (χ3v) is 5.37. The fraction of sp³-hybridized carbons (Fsp3) is 0.240. The molecule has 0 atom stereocenters. The minimum Gasteiger partial charge on any atom is -0.497 e. The van der Waals surface area contributed by atoms with Gasteiger partial charge in [-0.3, -0.25) is 14.6 Å². The van der Waals surface area contributed by atoms with Crippen LogP contribution in [0.4, 0.5) is 5.69 Å². The van der Waals surface area contributed by atoms with E-state index in [0.29, 0.717) is 35.0 Å². The molecule has 1 saturated carbocycles. The zero-order valence-corrected chi connectivity index (χ0v) is 18.1. The second-order valence-electron chi connectivity index (χ2n) is 7.59. The van der Waals surface area contributed by atoms with Crippen molar-refractivity contribution in [2.24, 2.45) is 0 Å². The Morgan fingerprint density at radius 2 is 1.81 bits per heavy atom. The van der Waals surface area contributed by atoms with Crippen LogP contribution in [0.1, 0.15) is 39.3 Å². The largest absolute Gasteiger partial charge is 0.497 e. The van der Waals surface area contributed by atoms with Crippen LogP contribution in [-0.2, 0) is 6.54 Å². The summed E-state index contributed by atoms with van der Waals surface area (Å²) in [5, 5.41) is 2.80. The number of carbonyl (C=O) groups excluding carboxylic acids is 2. The Hall–Kier alpha value is -3.87. The van der Waals surface area contributed by atoms with Gasteiger partial charge in [0.15, 0.2) is 0 Å². The molecule has 3 aromatic rings. The molecule has 164 valence electrons. The first-order chi connectivity index (χ1) is 15.6. The maximum atomic E-state index is 13.3. The Bertz CT molecular complexity index is 1100. The SMILES string of the molecule is COc1ccc(CN(C(=O)c2ccc(NC(=O)c3ccccn3)cc2)C2CC2)c(OC)c1. The van der Waals surface area contributed by atoms with Crippen LogP contribution in [0.15, 0.2) is 66.9 Å². The second-order valence-corrected chi connectivity index (χ2v) is 7.59. The Kier molecular flexibility index (Phi) is 6.35. The van der Waals surface area contributed by atoms with E-state index in [1.54, 1.807) is 62.9 Å². The summed E-state index contributed by atoms with van der Waals surface area (Å²) in [4.78, 5) is 31.5. The van der Waals surface area contributed by atoms with Gasteiger partial charge in [-0.2, -0.15) is 0 Å². The Labute approximate surface area is 187 Å². The van der Waals surface area contributed by atoms with Crippen LogP contribution in [0.25, 0.3) is 0 Å². The molecule has 1 N–H and O–H groups in total. The van der Waals surface area contributed by atoms with Crippen molar-refractivity contribution in [2.45, 2.75) is 25.4 Å². The normalized spacial score (nSPS) is 12.7. The molecule has 1 aromatic heterocycles.